The van der Waals surface area contributed by atoms with E-state index in [9.17, 15) is 13.2 Å². The normalized spacial score (nSPS) is 23.1. The van der Waals surface area contributed by atoms with Gasteiger partial charge in [-0.25, -0.2) is 8.42 Å². The number of carbonyl (C=O) groups is 1. The molecule has 2 saturated heterocycles. The molecule has 4 rings (SSSR count). The zero-order valence-corrected chi connectivity index (χ0v) is 16.7. The maximum Gasteiger partial charge on any atom is 0.243 e. The van der Waals surface area contributed by atoms with Gasteiger partial charge in [-0.2, -0.15) is 4.31 Å². The first-order valence-electron chi connectivity index (χ1n) is 9.56. The Kier molecular flexibility index (Phi) is 5.79. The third kappa shape index (κ3) is 4.26. The third-order valence-corrected chi connectivity index (χ3v) is 7.00. The van der Waals surface area contributed by atoms with E-state index in [4.69, 9.17) is 9.47 Å². The molecule has 0 aliphatic carbocycles. The van der Waals surface area contributed by atoms with Crippen molar-refractivity contribution in [3.63, 3.8) is 0 Å². The smallest absolute Gasteiger partial charge is 0.243 e. The molecule has 2 aromatic rings. The Morgan fingerprint density at radius 3 is 2.55 bits per heavy atom. The van der Waals surface area contributed by atoms with Crippen molar-refractivity contribution in [2.75, 3.05) is 32.8 Å². The van der Waals surface area contributed by atoms with Crippen molar-refractivity contribution in [2.45, 2.75) is 23.5 Å². The number of sulfonamides is 1. The molecule has 0 bridgehead atoms. The summed E-state index contributed by atoms with van der Waals surface area (Å²) in [7, 11) is -3.84. The average Bonchev–Trinajstić information content (AvgIpc) is 3.20. The van der Waals surface area contributed by atoms with E-state index in [0.717, 1.165) is 0 Å². The number of hydrogen-bond donors (Lipinski definition) is 0. The molecular formula is C20H23N3O5S. The minimum absolute atomic E-state index is 0.104. The van der Waals surface area contributed by atoms with Crippen LogP contribution in [0.3, 0.4) is 0 Å². The van der Waals surface area contributed by atoms with Gasteiger partial charge in [-0.05, 0) is 24.3 Å². The standard InChI is InChI=1S/C20H23N3O5S/c24-20(22-9-11-27-12-10-22)19-13-17(28-16-5-4-8-21-14-16)15-23(19)29(25,26)18-6-2-1-3-7-18/h1-8,14,17,19H,9-13,15H2. The number of hydrogen-bond acceptors (Lipinski definition) is 6. The molecule has 2 unspecified atom stereocenters. The molecular weight excluding hydrogens is 394 g/mol. The van der Waals surface area contributed by atoms with Crippen LogP contribution < -0.4 is 4.74 Å². The van der Waals surface area contributed by atoms with Gasteiger partial charge in [-0.15, -0.1) is 0 Å². The minimum atomic E-state index is -3.84. The van der Waals surface area contributed by atoms with Crippen LogP contribution >= 0.6 is 0 Å². The molecule has 2 aliphatic rings. The van der Waals surface area contributed by atoms with Gasteiger partial charge in [0.15, 0.2) is 0 Å². The number of morpholine rings is 1. The first-order valence-corrected chi connectivity index (χ1v) is 11.0. The predicted molar refractivity (Wildman–Crippen MR) is 105 cm³/mol. The molecule has 0 N–H and O–H groups in total. The highest BCUT2D eigenvalue weighted by atomic mass is 32.2. The van der Waals surface area contributed by atoms with Gasteiger partial charge in [0.1, 0.15) is 17.9 Å². The van der Waals surface area contributed by atoms with Crippen molar-refractivity contribution in [1.29, 1.82) is 0 Å². The lowest BCUT2D eigenvalue weighted by molar-refractivity contribution is -0.138. The van der Waals surface area contributed by atoms with Crippen molar-refractivity contribution in [3.05, 3.63) is 54.9 Å². The highest BCUT2D eigenvalue weighted by Gasteiger charge is 2.46. The monoisotopic (exact) mass is 417 g/mol. The highest BCUT2D eigenvalue weighted by molar-refractivity contribution is 7.89. The third-order valence-electron chi connectivity index (χ3n) is 5.11. The quantitative estimate of drug-likeness (QED) is 0.725. The second-order valence-electron chi connectivity index (χ2n) is 7.01. The molecule has 1 amide bonds. The first kappa shape index (κ1) is 19.8. The fourth-order valence-electron chi connectivity index (χ4n) is 3.68. The van der Waals surface area contributed by atoms with Crippen LogP contribution in [0.2, 0.25) is 0 Å². The van der Waals surface area contributed by atoms with Gasteiger partial charge in [0, 0.05) is 25.7 Å². The average molecular weight is 417 g/mol. The summed E-state index contributed by atoms with van der Waals surface area (Å²) >= 11 is 0. The molecule has 8 nitrogen and oxygen atoms in total. The lowest BCUT2D eigenvalue weighted by atomic mass is 10.1. The zero-order chi connectivity index (χ0) is 20.3. The van der Waals surface area contributed by atoms with Crippen molar-refractivity contribution in [3.8, 4) is 5.75 Å². The van der Waals surface area contributed by atoms with Crippen molar-refractivity contribution < 1.29 is 22.7 Å². The molecule has 1 aromatic carbocycles. The zero-order valence-electron chi connectivity index (χ0n) is 15.9. The summed E-state index contributed by atoms with van der Waals surface area (Å²) in [4.78, 5) is 19.0. The molecule has 1 aromatic heterocycles. The van der Waals surface area contributed by atoms with Gasteiger partial charge in [0.25, 0.3) is 0 Å². The van der Waals surface area contributed by atoms with Crippen LogP contribution in [0.5, 0.6) is 5.75 Å². The van der Waals surface area contributed by atoms with Crippen LogP contribution in [-0.4, -0.2) is 73.5 Å². The SMILES string of the molecule is O=C(C1CC(Oc2cccnc2)CN1S(=O)(=O)c1ccccc1)N1CCOCC1. The Balaban J connectivity index is 1.61. The van der Waals surface area contributed by atoms with Gasteiger partial charge in [0.05, 0.1) is 30.9 Å². The van der Waals surface area contributed by atoms with E-state index in [2.05, 4.69) is 4.98 Å². The predicted octanol–water partition coefficient (Wildman–Crippen LogP) is 1.15. The fraction of sp³-hybridized carbons (Fsp3) is 0.400. The Bertz CT molecular complexity index is 933. The van der Waals surface area contributed by atoms with Crippen LogP contribution in [-0.2, 0) is 19.6 Å². The number of rotatable bonds is 5. The number of amides is 1. The van der Waals surface area contributed by atoms with Gasteiger partial charge < -0.3 is 14.4 Å². The Morgan fingerprint density at radius 1 is 1.10 bits per heavy atom. The summed E-state index contributed by atoms with van der Waals surface area (Å²) in [5.41, 5.74) is 0. The number of ether oxygens (including phenoxy) is 2. The Morgan fingerprint density at radius 2 is 1.86 bits per heavy atom. The molecule has 2 aliphatic heterocycles. The summed E-state index contributed by atoms with van der Waals surface area (Å²) in [5.74, 6) is 0.346. The summed E-state index contributed by atoms with van der Waals surface area (Å²) in [6.45, 7) is 1.94. The molecule has 9 heteroatoms. The number of carbonyl (C=O) groups excluding carboxylic acids is 1. The maximum atomic E-state index is 13.3. The molecule has 3 heterocycles. The van der Waals surface area contributed by atoms with Gasteiger partial charge in [0.2, 0.25) is 15.9 Å². The number of pyridine rings is 1. The fourth-order valence-corrected chi connectivity index (χ4v) is 5.32. The summed E-state index contributed by atoms with van der Waals surface area (Å²) < 4.78 is 39.1. The number of aromatic nitrogens is 1. The molecule has 29 heavy (non-hydrogen) atoms. The summed E-state index contributed by atoms with van der Waals surface area (Å²) in [6.07, 6.45) is 3.07. The first-order chi connectivity index (χ1) is 14.1. The van der Waals surface area contributed by atoms with E-state index in [1.54, 1.807) is 59.8 Å². The molecule has 2 fully saturated rings. The van der Waals surface area contributed by atoms with Gasteiger partial charge in [-0.1, -0.05) is 18.2 Å². The second-order valence-corrected chi connectivity index (χ2v) is 8.90. The largest absolute Gasteiger partial charge is 0.487 e. The van der Waals surface area contributed by atoms with Crippen LogP contribution in [0.1, 0.15) is 6.42 Å². The van der Waals surface area contributed by atoms with E-state index in [1.807, 2.05) is 0 Å². The topological polar surface area (TPSA) is 89.0 Å². The van der Waals surface area contributed by atoms with Gasteiger partial charge in [-0.3, -0.25) is 9.78 Å². The molecule has 0 radical (unpaired) electrons. The van der Waals surface area contributed by atoms with Crippen LogP contribution in [0.15, 0.2) is 59.8 Å². The Labute approximate surface area is 170 Å². The van der Waals surface area contributed by atoms with Crippen LogP contribution in [0.4, 0.5) is 0 Å². The molecule has 0 spiro atoms. The molecule has 2 atom stereocenters. The van der Waals surface area contributed by atoms with Crippen molar-refractivity contribution >= 4 is 15.9 Å². The van der Waals surface area contributed by atoms with Crippen molar-refractivity contribution in [1.82, 2.24) is 14.2 Å². The summed E-state index contributed by atoms with van der Waals surface area (Å²) in [5, 5.41) is 0. The maximum absolute atomic E-state index is 13.3. The van der Waals surface area contributed by atoms with E-state index >= 15 is 0 Å². The highest BCUT2D eigenvalue weighted by Crippen LogP contribution is 2.30. The lowest BCUT2D eigenvalue weighted by Crippen LogP contribution is -2.50. The second kappa shape index (κ2) is 8.48. The summed E-state index contributed by atoms with van der Waals surface area (Å²) in [6, 6.07) is 10.9. The van der Waals surface area contributed by atoms with Crippen molar-refractivity contribution in [2.24, 2.45) is 0 Å². The van der Waals surface area contributed by atoms with E-state index in [-0.39, 0.29) is 23.8 Å². The van der Waals surface area contributed by atoms with E-state index in [0.29, 0.717) is 32.1 Å². The molecule has 154 valence electrons. The van der Waals surface area contributed by atoms with Crippen LogP contribution in [0, 0.1) is 0 Å². The lowest BCUT2D eigenvalue weighted by Gasteiger charge is -2.31. The number of benzene rings is 1. The van der Waals surface area contributed by atoms with E-state index < -0.39 is 22.2 Å². The van der Waals surface area contributed by atoms with E-state index in [1.165, 1.54) is 4.31 Å². The Hall–Kier alpha value is -2.49. The van der Waals surface area contributed by atoms with Crippen LogP contribution in [0.25, 0.3) is 0 Å². The minimum Gasteiger partial charge on any atom is -0.487 e. The molecule has 0 saturated carbocycles. The number of nitrogens with zero attached hydrogens (tertiary/aromatic N) is 3. The van der Waals surface area contributed by atoms with Gasteiger partial charge >= 0.3 is 0 Å².